The molecular formula is C12H13N3O4. The number of aromatic hydroxyl groups is 1. The Morgan fingerprint density at radius 2 is 2.32 bits per heavy atom. The van der Waals surface area contributed by atoms with Gasteiger partial charge in [-0.15, -0.1) is 6.58 Å². The van der Waals surface area contributed by atoms with Gasteiger partial charge in [0.1, 0.15) is 5.75 Å². The van der Waals surface area contributed by atoms with E-state index < -0.39 is 17.4 Å². The van der Waals surface area contributed by atoms with E-state index in [4.69, 9.17) is 0 Å². The van der Waals surface area contributed by atoms with Gasteiger partial charge in [-0.05, 0) is 18.1 Å². The fourth-order valence-electron chi connectivity index (χ4n) is 1.36. The summed E-state index contributed by atoms with van der Waals surface area (Å²) in [6.07, 6.45) is 3.37. The number of benzene rings is 1. The summed E-state index contributed by atoms with van der Waals surface area (Å²) in [6, 6.07) is 5.06. The second-order valence-electron chi connectivity index (χ2n) is 3.63. The van der Waals surface area contributed by atoms with Crippen LogP contribution in [0.3, 0.4) is 0 Å². The molecule has 0 spiro atoms. The number of nitro groups is 1. The van der Waals surface area contributed by atoms with Gasteiger partial charge in [0.25, 0.3) is 6.54 Å². The van der Waals surface area contributed by atoms with Crippen LogP contribution in [0.2, 0.25) is 0 Å². The van der Waals surface area contributed by atoms with Gasteiger partial charge in [-0.2, -0.15) is 5.10 Å². The van der Waals surface area contributed by atoms with Crippen molar-refractivity contribution in [2.75, 3.05) is 6.54 Å². The van der Waals surface area contributed by atoms with Crippen LogP contribution in [0.1, 0.15) is 11.1 Å². The number of allylic oxidation sites excluding steroid dienone is 1. The van der Waals surface area contributed by atoms with Crippen molar-refractivity contribution < 1.29 is 14.8 Å². The van der Waals surface area contributed by atoms with Crippen LogP contribution in [0.4, 0.5) is 0 Å². The zero-order valence-electron chi connectivity index (χ0n) is 10.1. The number of hydrazone groups is 1. The minimum atomic E-state index is -0.847. The first-order valence-corrected chi connectivity index (χ1v) is 5.40. The Bertz CT molecular complexity index is 526. The zero-order valence-corrected chi connectivity index (χ0v) is 10.1. The number of amides is 1. The molecule has 0 heterocycles. The van der Waals surface area contributed by atoms with Crippen LogP contribution >= 0.6 is 0 Å². The molecule has 1 amide bonds. The lowest BCUT2D eigenvalue weighted by atomic mass is 10.1. The van der Waals surface area contributed by atoms with Crippen LogP contribution in [0, 0.1) is 10.1 Å². The summed E-state index contributed by atoms with van der Waals surface area (Å²) >= 11 is 0. The molecule has 1 aromatic rings. The summed E-state index contributed by atoms with van der Waals surface area (Å²) in [5.74, 6) is -0.794. The van der Waals surface area contributed by atoms with Crippen LogP contribution in [0.5, 0.6) is 5.75 Å². The molecule has 0 aliphatic heterocycles. The lowest BCUT2D eigenvalue weighted by molar-refractivity contribution is -0.467. The van der Waals surface area contributed by atoms with Crippen LogP contribution in [-0.2, 0) is 11.2 Å². The SMILES string of the molecule is C=CCc1cccc(/C=N\NC(=O)C[N+](=O)[O-])c1O. The number of nitrogens with zero attached hydrogens (tertiary/aromatic N) is 2. The Morgan fingerprint density at radius 1 is 1.58 bits per heavy atom. The molecule has 2 N–H and O–H groups in total. The number of carbonyl (C=O) groups is 1. The van der Waals surface area contributed by atoms with E-state index in [0.29, 0.717) is 17.5 Å². The highest BCUT2D eigenvalue weighted by Crippen LogP contribution is 2.21. The molecule has 0 radical (unpaired) electrons. The van der Waals surface area contributed by atoms with E-state index in [1.54, 1.807) is 24.3 Å². The second-order valence-corrected chi connectivity index (χ2v) is 3.63. The van der Waals surface area contributed by atoms with Crippen LogP contribution in [0.15, 0.2) is 36.0 Å². The molecule has 7 heteroatoms. The first-order chi connectivity index (χ1) is 9.04. The zero-order chi connectivity index (χ0) is 14.3. The molecule has 0 atom stereocenters. The molecule has 0 saturated heterocycles. The third-order valence-corrected chi connectivity index (χ3v) is 2.18. The van der Waals surface area contributed by atoms with E-state index in [1.807, 2.05) is 5.43 Å². The molecule has 1 rings (SSSR count). The average molecular weight is 263 g/mol. The smallest absolute Gasteiger partial charge is 0.311 e. The number of rotatable bonds is 6. The second kappa shape index (κ2) is 6.90. The summed E-state index contributed by atoms with van der Waals surface area (Å²) in [5.41, 5.74) is 3.08. The summed E-state index contributed by atoms with van der Waals surface area (Å²) in [7, 11) is 0. The van der Waals surface area contributed by atoms with E-state index in [1.165, 1.54) is 6.21 Å². The molecule has 0 aliphatic rings. The van der Waals surface area contributed by atoms with E-state index in [-0.39, 0.29) is 5.75 Å². The average Bonchev–Trinajstić information content (AvgIpc) is 2.33. The molecule has 19 heavy (non-hydrogen) atoms. The Labute approximate surface area is 109 Å². The van der Waals surface area contributed by atoms with Gasteiger partial charge in [-0.3, -0.25) is 14.9 Å². The Kier molecular flexibility index (Phi) is 5.21. The summed E-state index contributed by atoms with van der Waals surface area (Å²) in [5, 5.41) is 23.5. The predicted molar refractivity (Wildman–Crippen MR) is 69.6 cm³/mol. The predicted octanol–water partition coefficient (Wildman–Crippen LogP) is 0.847. The number of nitrogens with one attached hydrogen (secondary N) is 1. The monoisotopic (exact) mass is 263 g/mol. The van der Waals surface area contributed by atoms with Crippen molar-refractivity contribution in [1.29, 1.82) is 0 Å². The first kappa shape index (κ1) is 14.4. The fourth-order valence-corrected chi connectivity index (χ4v) is 1.36. The Balaban J connectivity index is 2.71. The summed E-state index contributed by atoms with van der Waals surface area (Å²) in [6.45, 7) is 2.73. The third kappa shape index (κ3) is 4.58. The lowest BCUT2D eigenvalue weighted by Crippen LogP contribution is -2.25. The number of carbonyl (C=O) groups excluding carboxylic acids is 1. The topological polar surface area (TPSA) is 105 Å². The van der Waals surface area contributed by atoms with E-state index >= 15 is 0 Å². The normalized spacial score (nSPS) is 10.3. The lowest BCUT2D eigenvalue weighted by Gasteiger charge is -2.04. The maximum atomic E-state index is 11.0. The van der Waals surface area contributed by atoms with Crippen molar-refractivity contribution in [3.63, 3.8) is 0 Å². The highest BCUT2D eigenvalue weighted by atomic mass is 16.6. The van der Waals surface area contributed by atoms with Gasteiger partial charge in [0.15, 0.2) is 0 Å². The number of hydrogen-bond acceptors (Lipinski definition) is 5. The van der Waals surface area contributed by atoms with Crippen LogP contribution < -0.4 is 5.43 Å². The molecule has 0 fully saturated rings. The molecular weight excluding hydrogens is 250 g/mol. The highest BCUT2D eigenvalue weighted by Gasteiger charge is 2.07. The Morgan fingerprint density at radius 3 is 2.95 bits per heavy atom. The van der Waals surface area contributed by atoms with Crippen LogP contribution in [-0.4, -0.2) is 28.7 Å². The number of phenols is 1. The third-order valence-electron chi connectivity index (χ3n) is 2.18. The molecule has 0 unspecified atom stereocenters. The quantitative estimate of drug-likeness (QED) is 0.343. The van der Waals surface area contributed by atoms with Gasteiger partial charge in [-0.25, -0.2) is 5.43 Å². The van der Waals surface area contributed by atoms with Gasteiger partial charge in [0, 0.05) is 10.5 Å². The minimum absolute atomic E-state index is 0.0367. The van der Waals surface area contributed by atoms with Crippen molar-refractivity contribution in [2.45, 2.75) is 6.42 Å². The van der Waals surface area contributed by atoms with Crippen molar-refractivity contribution in [2.24, 2.45) is 5.10 Å². The molecule has 1 aromatic carbocycles. The van der Waals surface area contributed by atoms with Crippen molar-refractivity contribution in [3.05, 3.63) is 52.1 Å². The van der Waals surface area contributed by atoms with Gasteiger partial charge in [-0.1, -0.05) is 18.2 Å². The number of para-hydroxylation sites is 1. The van der Waals surface area contributed by atoms with Gasteiger partial charge < -0.3 is 5.11 Å². The highest BCUT2D eigenvalue weighted by molar-refractivity contribution is 5.85. The maximum Gasteiger partial charge on any atom is 0.311 e. The van der Waals surface area contributed by atoms with Crippen molar-refractivity contribution in [1.82, 2.24) is 5.43 Å². The van der Waals surface area contributed by atoms with Crippen LogP contribution in [0.25, 0.3) is 0 Å². The van der Waals surface area contributed by atoms with E-state index in [0.717, 1.165) is 0 Å². The number of phenolic OH excluding ortho intramolecular Hbond substituents is 1. The molecule has 0 saturated carbocycles. The summed E-state index contributed by atoms with van der Waals surface area (Å²) < 4.78 is 0. The standard InChI is InChI=1S/C12H13N3O4/c1-2-4-9-5-3-6-10(12(9)17)7-13-14-11(16)8-15(18)19/h2-3,5-7,17H,1,4,8H2,(H,14,16)/b13-7-. The van der Waals surface area contributed by atoms with Crippen molar-refractivity contribution >= 4 is 12.1 Å². The van der Waals surface area contributed by atoms with E-state index in [9.17, 15) is 20.0 Å². The molecule has 0 aliphatic carbocycles. The summed E-state index contributed by atoms with van der Waals surface area (Å²) in [4.78, 5) is 20.3. The number of hydrogen-bond donors (Lipinski definition) is 2. The van der Waals surface area contributed by atoms with Gasteiger partial charge in [0.2, 0.25) is 0 Å². The maximum absolute atomic E-state index is 11.0. The fraction of sp³-hybridized carbons (Fsp3) is 0.167. The molecule has 0 bridgehead atoms. The minimum Gasteiger partial charge on any atom is -0.507 e. The first-order valence-electron chi connectivity index (χ1n) is 5.40. The van der Waals surface area contributed by atoms with Crippen molar-refractivity contribution in [3.8, 4) is 5.75 Å². The molecule has 7 nitrogen and oxygen atoms in total. The van der Waals surface area contributed by atoms with Gasteiger partial charge in [0.05, 0.1) is 6.21 Å². The largest absolute Gasteiger partial charge is 0.507 e. The Hall–Kier alpha value is -2.70. The van der Waals surface area contributed by atoms with Gasteiger partial charge >= 0.3 is 5.91 Å². The molecule has 100 valence electrons. The molecule has 0 aromatic heterocycles. The van der Waals surface area contributed by atoms with E-state index in [2.05, 4.69) is 11.7 Å².